The molecular weight excluding hydrogens is 246 g/mol. The van der Waals surface area contributed by atoms with E-state index in [9.17, 15) is 13.2 Å². The van der Waals surface area contributed by atoms with Crippen LogP contribution in [0, 0.1) is 0 Å². The van der Waals surface area contributed by atoms with Crippen molar-refractivity contribution >= 4 is 16.2 Å². The van der Waals surface area contributed by atoms with Crippen molar-refractivity contribution in [2.75, 3.05) is 21.2 Å². The maximum atomic E-state index is 11.7. The van der Waals surface area contributed by atoms with Crippen molar-refractivity contribution in [1.29, 1.82) is 0 Å². The molecule has 7 nitrogen and oxygen atoms in total. The maximum absolute atomic E-state index is 11.7. The fraction of sp³-hybridized carbons (Fsp3) is 0.556. The topological polar surface area (TPSA) is 81.5 Å². The van der Waals surface area contributed by atoms with Crippen LogP contribution in [-0.4, -0.2) is 48.9 Å². The van der Waals surface area contributed by atoms with Gasteiger partial charge in [0.05, 0.1) is 19.2 Å². The Morgan fingerprint density at radius 2 is 2.18 bits per heavy atom. The Morgan fingerprint density at radius 1 is 1.53 bits per heavy atom. The highest BCUT2D eigenvalue weighted by molar-refractivity contribution is 7.87. The van der Waals surface area contributed by atoms with Crippen molar-refractivity contribution in [3.63, 3.8) is 0 Å². The summed E-state index contributed by atoms with van der Waals surface area (Å²) in [6.07, 6.45) is 3.12. The second-order valence-electron chi connectivity index (χ2n) is 3.56. The number of aryl methyl sites for hydroxylation is 1. The molecule has 0 fully saturated rings. The van der Waals surface area contributed by atoms with Crippen molar-refractivity contribution in [2.45, 2.75) is 12.8 Å². The Morgan fingerprint density at radius 3 is 2.71 bits per heavy atom. The summed E-state index contributed by atoms with van der Waals surface area (Å²) < 4.78 is 30.0. The molecule has 0 aliphatic carbocycles. The molecule has 0 amide bonds. The monoisotopic (exact) mass is 261 g/mol. The summed E-state index contributed by atoms with van der Waals surface area (Å²) in [4.78, 5) is 14.8. The zero-order valence-electron chi connectivity index (χ0n) is 9.95. The lowest BCUT2D eigenvalue weighted by atomic mass is 10.2. The van der Waals surface area contributed by atoms with Crippen molar-refractivity contribution in [1.82, 2.24) is 13.3 Å². The minimum Gasteiger partial charge on any atom is -0.469 e. The summed E-state index contributed by atoms with van der Waals surface area (Å²) in [5, 5.41) is 0. The van der Waals surface area contributed by atoms with E-state index in [1.807, 2.05) is 0 Å². The number of carbonyl (C=O) groups excluding carboxylic acids is 1. The van der Waals surface area contributed by atoms with Gasteiger partial charge in [-0.2, -0.15) is 12.7 Å². The fourth-order valence-corrected chi connectivity index (χ4v) is 1.92. The predicted molar refractivity (Wildman–Crippen MR) is 60.6 cm³/mol. The minimum atomic E-state index is -3.53. The van der Waals surface area contributed by atoms with Gasteiger partial charge in [0, 0.05) is 26.7 Å². The van der Waals surface area contributed by atoms with Crippen LogP contribution in [0.2, 0.25) is 0 Å². The van der Waals surface area contributed by atoms with Gasteiger partial charge in [0.15, 0.2) is 0 Å². The Hall–Kier alpha value is -1.41. The van der Waals surface area contributed by atoms with Crippen LogP contribution in [0.25, 0.3) is 0 Å². The van der Waals surface area contributed by atoms with Crippen LogP contribution in [0.3, 0.4) is 0 Å². The van der Waals surface area contributed by atoms with E-state index >= 15 is 0 Å². The molecule has 17 heavy (non-hydrogen) atoms. The Kier molecular flexibility index (Phi) is 4.24. The first-order valence-corrected chi connectivity index (χ1v) is 6.30. The second-order valence-corrected chi connectivity index (χ2v) is 5.61. The third-order valence-corrected chi connectivity index (χ3v) is 3.81. The number of aromatic nitrogens is 2. The molecule has 1 aromatic rings. The highest BCUT2D eigenvalue weighted by atomic mass is 32.2. The van der Waals surface area contributed by atoms with E-state index in [2.05, 4.69) is 9.72 Å². The normalized spacial score (nSPS) is 11.8. The van der Waals surface area contributed by atoms with Crippen LogP contribution in [0.5, 0.6) is 0 Å². The predicted octanol–water partition coefficient (Wildman–Crippen LogP) is -0.357. The van der Waals surface area contributed by atoms with E-state index in [1.54, 1.807) is 0 Å². The molecule has 0 bridgehead atoms. The summed E-state index contributed by atoms with van der Waals surface area (Å²) in [7, 11) is 0.642. The third-order valence-electron chi connectivity index (χ3n) is 2.15. The van der Waals surface area contributed by atoms with E-state index in [0.29, 0.717) is 12.1 Å². The van der Waals surface area contributed by atoms with E-state index in [-0.39, 0.29) is 12.4 Å². The smallest absolute Gasteiger partial charge is 0.308 e. The molecule has 0 saturated carbocycles. The van der Waals surface area contributed by atoms with Gasteiger partial charge in [-0.25, -0.2) is 8.96 Å². The molecule has 1 rings (SSSR count). The lowest BCUT2D eigenvalue weighted by Crippen LogP contribution is -2.27. The summed E-state index contributed by atoms with van der Waals surface area (Å²) in [6, 6.07) is 0. The molecule has 0 radical (unpaired) electrons. The van der Waals surface area contributed by atoms with Crippen LogP contribution in [0.15, 0.2) is 12.5 Å². The molecule has 0 spiro atoms. The zero-order chi connectivity index (χ0) is 13.1. The maximum Gasteiger partial charge on any atom is 0.308 e. The van der Waals surface area contributed by atoms with E-state index in [4.69, 9.17) is 0 Å². The number of imidazole rings is 1. The van der Waals surface area contributed by atoms with Crippen LogP contribution >= 0.6 is 0 Å². The van der Waals surface area contributed by atoms with Crippen LogP contribution < -0.4 is 0 Å². The number of esters is 1. The van der Waals surface area contributed by atoms with Gasteiger partial charge in [0.1, 0.15) is 6.33 Å². The van der Waals surface area contributed by atoms with Crippen molar-refractivity contribution < 1.29 is 17.9 Å². The lowest BCUT2D eigenvalue weighted by Gasteiger charge is -2.10. The van der Waals surface area contributed by atoms with Gasteiger partial charge in [-0.1, -0.05) is 0 Å². The summed E-state index contributed by atoms with van der Waals surface area (Å²) in [5.41, 5.74) is 0.529. The van der Waals surface area contributed by atoms with Crippen LogP contribution in [-0.2, 0) is 26.2 Å². The number of nitrogens with zero attached hydrogens (tertiary/aromatic N) is 3. The molecule has 1 aromatic heterocycles. The molecule has 0 N–H and O–H groups in total. The number of ether oxygens (including phenoxy) is 1. The SMILES string of the molecule is COC(=O)CCc1cn(S(=O)(=O)N(C)C)cn1. The Labute approximate surface area is 100 Å². The second kappa shape index (κ2) is 5.28. The molecule has 8 heteroatoms. The van der Waals surface area contributed by atoms with E-state index in [0.717, 1.165) is 8.28 Å². The van der Waals surface area contributed by atoms with Crippen molar-refractivity contribution in [2.24, 2.45) is 0 Å². The third kappa shape index (κ3) is 3.27. The number of rotatable bonds is 5. The molecule has 0 aromatic carbocycles. The number of carbonyl (C=O) groups is 1. The average molecular weight is 261 g/mol. The molecule has 0 aliphatic rings. The van der Waals surface area contributed by atoms with Gasteiger partial charge in [0.25, 0.3) is 0 Å². The van der Waals surface area contributed by atoms with Gasteiger partial charge in [-0.3, -0.25) is 4.79 Å². The van der Waals surface area contributed by atoms with Crippen molar-refractivity contribution in [3.05, 3.63) is 18.2 Å². The molecular formula is C9H15N3O4S. The highest BCUT2D eigenvalue weighted by Crippen LogP contribution is 2.06. The largest absolute Gasteiger partial charge is 0.469 e. The minimum absolute atomic E-state index is 0.176. The molecule has 0 saturated heterocycles. The first kappa shape index (κ1) is 13.7. The van der Waals surface area contributed by atoms with E-state index in [1.165, 1.54) is 33.7 Å². The standard InChI is InChI=1S/C9H15N3O4S/c1-11(2)17(14,15)12-6-8(10-7-12)4-5-9(13)16-3/h6-7H,4-5H2,1-3H3. The summed E-state index contributed by atoms with van der Waals surface area (Å²) >= 11 is 0. The molecule has 0 atom stereocenters. The number of methoxy groups -OCH3 is 1. The Balaban J connectivity index is 2.76. The van der Waals surface area contributed by atoms with Gasteiger partial charge in [-0.15, -0.1) is 0 Å². The number of hydrogen-bond acceptors (Lipinski definition) is 5. The molecule has 0 aliphatic heterocycles. The lowest BCUT2D eigenvalue weighted by molar-refractivity contribution is -0.140. The first-order valence-electron chi connectivity index (χ1n) is 4.90. The van der Waals surface area contributed by atoms with Gasteiger partial charge >= 0.3 is 16.2 Å². The molecule has 96 valence electrons. The van der Waals surface area contributed by atoms with Gasteiger partial charge in [-0.05, 0) is 0 Å². The summed E-state index contributed by atoms with van der Waals surface area (Å²) in [6.45, 7) is 0. The highest BCUT2D eigenvalue weighted by Gasteiger charge is 2.16. The fourth-order valence-electron chi connectivity index (χ4n) is 1.12. The molecule has 0 unspecified atom stereocenters. The van der Waals surface area contributed by atoms with Crippen LogP contribution in [0.4, 0.5) is 0 Å². The van der Waals surface area contributed by atoms with E-state index < -0.39 is 10.2 Å². The van der Waals surface area contributed by atoms with Crippen molar-refractivity contribution in [3.8, 4) is 0 Å². The molecule has 1 heterocycles. The summed E-state index contributed by atoms with van der Waals surface area (Å²) in [5.74, 6) is -0.352. The van der Waals surface area contributed by atoms with Crippen LogP contribution in [0.1, 0.15) is 12.1 Å². The average Bonchev–Trinajstić information content (AvgIpc) is 2.74. The zero-order valence-corrected chi connectivity index (χ0v) is 10.8. The quantitative estimate of drug-likeness (QED) is 0.676. The van der Waals surface area contributed by atoms with Gasteiger partial charge < -0.3 is 4.74 Å². The van der Waals surface area contributed by atoms with Gasteiger partial charge in [0.2, 0.25) is 0 Å². The Bertz CT molecular complexity index is 492. The first-order chi connectivity index (χ1) is 7.87. The number of hydrogen-bond donors (Lipinski definition) is 0.